The second-order valence-electron chi connectivity index (χ2n) is 4.25. The highest BCUT2D eigenvalue weighted by Gasteiger charge is 2.33. The Labute approximate surface area is 145 Å². The highest BCUT2D eigenvalue weighted by atomic mass is 35.5. The summed E-state index contributed by atoms with van der Waals surface area (Å²) >= 11 is 11.6. The zero-order valence-electron chi connectivity index (χ0n) is 11.2. The number of nitriles is 1. The Bertz CT molecular complexity index is 805. The molecule has 2 N–H and O–H groups in total. The van der Waals surface area contributed by atoms with Crippen LogP contribution in [-0.2, 0) is 6.18 Å². The van der Waals surface area contributed by atoms with Gasteiger partial charge in [0.2, 0.25) is 0 Å². The van der Waals surface area contributed by atoms with Crippen LogP contribution in [0.5, 0.6) is 0 Å². The number of nitrogens with zero attached hydrogens (tertiary/aromatic N) is 3. The van der Waals surface area contributed by atoms with E-state index in [9.17, 15) is 22.0 Å². The minimum Gasteiger partial charge on any atom is -0.383 e. The summed E-state index contributed by atoms with van der Waals surface area (Å²) in [7, 11) is 0. The molecule has 0 aliphatic carbocycles. The largest absolute Gasteiger partial charge is 0.416 e. The van der Waals surface area contributed by atoms with Crippen molar-refractivity contribution in [2.45, 2.75) is 16.8 Å². The van der Waals surface area contributed by atoms with Crippen molar-refractivity contribution in [3.63, 3.8) is 0 Å². The van der Waals surface area contributed by atoms with E-state index in [1.54, 1.807) is 6.07 Å². The molecule has 12 heteroatoms. The third-order valence-electron chi connectivity index (χ3n) is 2.74. The highest BCUT2D eigenvalue weighted by molar-refractivity contribution is 7.99. The van der Waals surface area contributed by atoms with Gasteiger partial charge in [0, 0.05) is 0 Å². The van der Waals surface area contributed by atoms with Gasteiger partial charge in [0.1, 0.15) is 17.6 Å². The molecule has 0 saturated carbocycles. The van der Waals surface area contributed by atoms with Crippen LogP contribution in [-0.4, -0.2) is 15.5 Å². The lowest BCUT2D eigenvalue weighted by Gasteiger charge is -2.13. The topological polar surface area (TPSA) is 67.6 Å². The molecule has 1 heterocycles. The number of hydrogen-bond acceptors (Lipinski definition) is 4. The fraction of sp³-hybridized carbons (Fsp3) is 0.167. The highest BCUT2D eigenvalue weighted by Crippen LogP contribution is 2.40. The van der Waals surface area contributed by atoms with E-state index in [-0.39, 0.29) is 28.2 Å². The van der Waals surface area contributed by atoms with Crippen LogP contribution in [0, 0.1) is 11.3 Å². The molecule has 0 radical (unpaired) electrons. The molecule has 0 spiro atoms. The molecule has 2 aromatic rings. The predicted octanol–water partition coefficient (Wildman–Crippen LogP) is 4.97. The van der Waals surface area contributed by atoms with Crippen LogP contribution in [0.15, 0.2) is 17.0 Å². The number of thioether (sulfide) groups is 1. The summed E-state index contributed by atoms with van der Waals surface area (Å²) in [5, 5.41) is 11.7. The Hall–Kier alpha value is -1.70. The van der Waals surface area contributed by atoms with Crippen molar-refractivity contribution in [3.05, 3.63) is 33.4 Å². The van der Waals surface area contributed by atoms with Crippen molar-refractivity contribution >= 4 is 40.8 Å². The first-order valence-electron chi connectivity index (χ1n) is 5.86. The van der Waals surface area contributed by atoms with E-state index in [1.807, 2.05) is 0 Å². The zero-order chi connectivity index (χ0) is 18.2. The second kappa shape index (κ2) is 6.66. The molecule has 1 aromatic heterocycles. The Morgan fingerprint density at radius 3 is 2.21 bits per heavy atom. The van der Waals surface area contributed by atoms with Crippen LogP contribution in [0.3, 0.4) is 0 Å². The zero-order valence-corrected chi connectivity index (χ0v) is 13.5. The molecule has 0 amide bonds. The van der Waals surface area contributed by atoms with Crippen molar-refractivity contribution in [2.75, 3.05) is 5.73 Å². The van der Waals surface area contributed by atoms with Crippen LogP contribution >= 0.6 is 35.0 Å². The van der Waals surface area contributed by atoms with Gasteiger partial charge >= 0.3 is 6.18 Å². The average Bonchev–Trinajstić information content (AvgIpc) is 2.74. The van der Waals surface area contributed by atoms with Gasteiger partial charge in [-0.3, -0.25) is 0 Å². The quantitative estimate of drug-likeness (QED) is 0.581. The Morgan fingerprint density at radius 1 is 1.25 bits per heavy atom. The van der Waals surface area contributed by atoms with Crippen molar-refractivity contribution in [2.24, 2.45) is 0 Å². The van der Waals surface area contributed by atoms with E-state index < -0.39 is 33.2 Å². The lowest BCUT2D eigenvalue weighted by Crippen LogP contribution is -2.08. The van der Waals surface area contributed by atoms with Gasteiger partial charge in [0.15, 0.2) is 5.69 Å². The summed E-state index contributed by atoms with van der Waals surface area (Å²) in [6.45, 7) is 0. The fourth-order valence-electron chi connectivity index (χ4n) is 1.80. The smallest absolute Gasteiger partial charge is 0.383 e. The number of aromatic nitrogens is 2. The number of anilines is 1. The Morgan fingerprint density at radius 2 is 1.79 bits per heavy atom. The van der Waals surface area contributed by atoms with Gasteiger partial charge < -0.3 is 5.73 Å². The molecule has 0 saturated heterocycles. The summed E-state index contributed by atoms with van der Waals surface area (Å²) in [6, 6.07) is 2.76. The molecule has 0 bridgehead atoms. The SMILES string of the molecule is N#Cc1nn(-c2c(Cl)cc(C(F)(F)F)cc2Cl)c(N)c1SC(F)F. The first kappa shape index (κ1) is 18.6. The number of hydrogen-bond donors (Lipinski definition) is 1. The molecular weight excluding hydrogens is 398 g/mol. The minimum atomic E-state index is -4.68. The van der Waals surface area contributed by atoms with E-state index in [4.69, 9.17) is 34.2 Å². The van der Waals surface area contributed by atoms with Gasteiger partial charge in [0.25, 0.3) is 5.76 Å². The summed E-state index contributed by atoms with van der Waals surface area (Å²) in [6.07, 6.45) is -4.68. The van der Waals surface area contributed by atoms with Gasteiger partial charge in [-0.25, -0.2) is 4.68 Å². The third kappa shape index (κ3) is 3.53. The standard InChI is InChI=1S/C12H5Cl2F5N4S/c13-5-1-4(12(17,18)19)2-6(14)8(5)23-10(21)9(24-11(15)16)7(3-20)22-23/h1-2,11H,21H2. The maximum atomic E-state index is 12.7. The van der Waals surface area contributed by atoms with E-state index >= 15 is 0 Å². The third-order valence-corrected chi connectivity index (χ3v) is 4.14. The van der Waals surface area contributed by atoms with Crippen LogP contribution in [0.1, 0.15) is 11.3 Å². The molecule has 2 rings (SSSR count). The van der Waals surface area contributed by atoms with Gasteiger partial charge in [-0.2, -0.15) is 32.3 Å². The maximum Gasteiger partial charge on any atom is 0.416 e. The minimum absolute atomic E-state index is 0.0195. The maximum absolute atomic E-state index is 12.7. The van der Waals surface area contributed by atoms with Crippen molar-refractivity contribution < 1.29 is 22.0 Å². The first-order valence-corrected chi connectivity index (χ1v) is 7.49. The van der Waals surface area contributed by atoms with Crippen LogP contribution in [0.2, 0.25) is 10.0 Å². The summed E-state index contributed by atoms with van der Waals surface area (Å²) in [5.74, 6) is -3.27. The van der Waals surface area contributed by atoms with Gasteiger partial charge in [-0.15, -0.1) is 0 Å². The number of halogens is 7. The van der Waals surface area contributed by atoms with Gasteiger partial charge in [-0.05, 0) is 23.9 Å². The number of alkyl halides is 5. The molecule has 0 aliphatic heterocycles. The van der Waals surface area contributed by atoms with E-state index in [1.165, 1.54) is 0 Å². The lowest BCUT2D eigenvalue weighted by atomic mass is 10.2. The summed E-state index contributed by atoms with van der Waals surface area (Å²) in [4.78, 5) is -0.320. The lowest BCUT2D eigenvalue weighted by molar-refractivity contribution is -0.137. The predicted molar refractivity (Wildman–Crippen MR) is 79.6 cm³/mol. The van der Waals surface area contributed by atoms with Crippen molar-refractivity contribution in [3.8, 4) is 11.8 Å². The Balaban J connectivity index is 2.66. The van der Waals surface area contributed by atoms with Gasteiger partial charge in [-0.1, -0.05) is 23.2 Å². The normalized spacial score (nSPS) is 11.8. The van der Waals surface area contributed by atoms with Crippen molar-refractivity contribution in [1.82, 2.24) is 9.78 Å². The van der Waals surface area contributed by atoms with Crippen LogP contribution < -0.4 is 5.73 Å². The molecule has 24 heavy (non-hydrogen) atoms. The van der Waals surface area contributed by atoms with E-state index in [2.05, 4.69) is 5.10 Å². The summed E-state index contributed by atoms with van der Waals surface area (Å²) < 4.78 is 64.1. The van der Waals surface area contributed by atoms with Crippen LogP contribution in [0.25, 0.3) is 5.69 Å². The molecular formula is C12H5Cl2F5N4S. The van der Waals surface area contributed by atoms with E-state index in [0.717, 1.165) is 4.68 Å². The molecule has 0 atom stereocenters. The second-order valence-corrected chi connectivity index (χ2v) is 6.07. The number of nitrogen functional groups attached to an aromatic ring is 1. The average molecular weight is 403 g/mol. The molecule has 128 valence electrons. The number of rotatable bonds is 3. The molecule has 0 aliphatic rings. The molecule has 1 aromatic carbocycles. The first-order chi connectivity index (χ1) is 11.1. The van der Waals surface area contributed by atoms with Gasteiger partial charge in [0.05, 0.1) is 20.5 Å². The molecule has 4 nitrogen and oxygen atoms in total. The summed E-state index contributed by atoms with van der Waals surface area (Å²) in [5.41, 5.74) is 3.90. The Kier molecular flexibility index (Phi) is 5.17. The number of benzene rings is 1. The monoisotopic (exact) mass is 402 g/mol. The van der Waals surface area contributed by atoms with E-state index in [0.29, 0.717) is 12.1 Å². The number of nitrogens with two attached hydrogens (primary N) is 1. The van der Waals surface area contributed by atoms with Crippen LogP contribution in [0.4, 0.5) is 27.8 Å². The van der Waals surface area contributed by atoms with Crippen molar-refractivity contribution in [1.29, 1.82) is 5.26 Å². The molecule has 0 fully saturated rings. The molecule has 0 unspecified atom stereocenters. The fourth-order valence-corrected chi connectivity index (χ4v) is 3.03.